The van der Waals surface area contributed by atoms with Crippen LogP contribution in [0.2, 0.25) is 0 Å². The average molecular weight is 742 g/mol. The molecule has 1 amide bonds. The molecular weight excluding hydrogens is 655 g/mol. The number of likely N-dealkylation sites (N-methyl/N-ethyl adjacent to an activating group) is 1. The molecule has 0 aliphatic carbocycles. The lowest BCUT2D eigenvalue weighted by atomic mass is 10.1. The number of amides is 1. The molecule has 0 spiro atoms. The van der Waals surface area contributed by atoms with Gasteiger partial charge in [-0.05, 0) is 83.6 Å². The van der Waals surface area contributed by atoms with Crippen LogP contribution in [0.15, 0.2) is 48.6 Å². The third kappa shape index (κ3) is 33.2. The molecule has 0 radical (unpaired) electrons. The smallest absolute Gasteiger partial charge is 0.409 e. The summed E-state index contributed by atoms with van der Waals surface area (Å²) >= 11 is 0. The summed E-state index contributed by atoms with van der Waals surface area (Å²) in [5.74, 6) is 0. The Morgan fingerprint density at radius 2 is 0.981 bits per heavy atom. The topological polar surface area (TPSA) is 45.2 Å². The maximum Gasteiger partial charge on any atom is 0.409 e. The normalized spacial score (nSPS) is 14.3. The van der Waals surface area contributed by atoms with Crippen molar-refractivity contribution in [2.45, 2.75) is 175 Å². The predicted molar refractivity (Wildman–Crippen MR) is 231 cm³/mol. The van der Waals surface area contributed by atoms with E-state index in [4.69, 9.17) is 9.47 Å². The third-order valence-electron chi connectivity index (χ3n) is 10.4. The van der Waals surface area contributed by atoms with E-state index in [0.29, 0.717) is 6.61 Å². The summed E-state index contributed by atoms with van der Waals surface area (Å²) in [4.78, 5) is 20.1. The molecule has 0 saturated carbocycles. The molecular formula is C47H87N3O3. The number of nitrogens with zero attached hydrogens (tertiary/aromatic N) is 3. The van der Waals surface area contributed by atoms with Crippen molar-refractivity contribution in [1.29, 1.82) is 0 Å². The van der Waals surface area contributed by atoms with E-state index in [9.17, 15) is 4.79 Å². The Balaban J connectivity index is 2.29. The molecule has 1 fully saturated rings. The van der Waals surface area contributed by atoms with E-state index in [1.54, 1.807) is 0 Å². The van der Waals surface area contributed by atoms with Crippen LogP contribution in [0, 0.1) is 0 Å². The Hall–Kier alpha value is -1.89. The molecule has 0 aromatic heterocycles. The number of morpholine rings is 1. The highest BCUT2D eigenvalue weighted by atomic mass is 16.6. The van der Waals surface area contributed by atoms with E-state index >= 15 is 0 Å². The molecule has 0 atom stereocenters. The van der Waals surface area contributed by atoms with Gasteiger partial charge in [-0.1, -0.05) is 146 Å². The maximum atomic E-state index is 13.2. The first-order valence-corrected chi connectivity index (χ1v) is 22.7. The number of hydrogen-bond acceptors (Lipinski definition) is 5. The molecule has 0 aromatic rings. The minimum atomic E-state index is -0.112. The molecule has 1 heterocycles. The molecule has 0 aromatic carbocycles. The van der Waals surface area contributed by atoms with Crippen LogP contribution in [-0.4, -0.2) is 93.0 Å². The van der Waals surface area contributed by atoms with Crippen LogP contribution in [0.4, 0.5) is 4.79 Å². The van der Waals surface area contributed by atoms with Crippen LogP contribution in [0.25, 0.3) is 0 Å². The zero-order chi connectivity index (χ0) is 38.1. The lowest BCUT2D eigenvalue weighted by molar-refractivity contribution is 0.0319. The number of carbonyl (C=O) groups is 1. The second-order valence-corrected chi connectivity index (χ2v) is 15.2. The summed E-state index contributed by atoms with van der Waals surface area (Å²) in [7, 11) is 0. The van der Waals surface area contributed by atoms with Gasteiger partial charge in [-0.2, -0.15) is 0 Å². The van der Waals surface area contributed by atoms with Crippen molar-refractivity contribution in [2.75, 3.05) is 72.2 Å². The second kappa shape index (κ2) is 39.8. The van der Waals surface area contributed by atoms with Crippen LogP contribution >= 0.6 is 0 Å². The molecule has 0 unspecified atom stereocenters. The summed E-state index contributed by atoms with van der Waals surface area (Å²) in [6.07, 6.45) is 48.3. The number of allylic oxidation sites excluding steroid dienone is 8. The van der Waals surface area contributed by atoms with Gasteiger partial charge in [0.1, 0.15) is 6.61 Å². The van der Waals surface area contributed by atoms with E-state index in [1.807, 2.05) is 4.90 Å². The summed E-state index contributed by atoms with van der Waals surface area (Å²) in [5, 5.41) is 0. The van der Waals surface area contributed by atoms with Gasteiger partial charge >= 0.3 is 6.09 Å². The fourth-order valence-corrected chi connectivity index (χ4v) is 6.77. The molecule has 1 aliphatic rings. The van der Waals surface area contributed by atoms with Crippen molar-refractivity contribution in [3.05, 3.63) is 48.6 Å². The van der Waals surface area contributed by atoms with Gasteiger partial charge in [0.15, 0.2) is 0 Å². The molecule has 6 heteroatoms. The van der Waals surface area contributed by atoms with Crippen molar-refractivity contribution >= 4 is 6.09 Å². The van der Waals surface area contributed by atoms with E-state index in [0.717, 1.165) is 91.3 Å². The predicted octanol–water partition coefficient (Wildman–Crippen LogP) is 12.7. The second-order valence-electron chi connectivity index (χ2n) is 15.2. The standard InChI is InChI=1S/C47H87N3O3/c1-4-7-9-11-13-15-17-19-21-23-25-27-29-31-33-35-37-50(47(51)53-46-43-48(6-3)39-40-49-41-44-52-45-42-49)38-36-34-32-30-28-26-24-22-20-18-16-14-12-10-8-5-2/h13-16,19-22H,4-12,17-18,23-46H2,1-3H3/b15-13-,16-14-,21-19-,22-20-. The molecule has 0 N–H and O–H groups in total. The van der Waals surface area contributed by atoms with Gasteiger partial charge < -0.3 is 14.4 Å². The van der Waals surface area contributed by atoms with Crippen LogP contribution in [0.5, 0.6) is 0 Å². The Labute approximate surface area is 329 Å². The lowest BCUT2D eigenvalue weighted by Gasteiger charge is -2.29. The van der Waals surface area contributed by atoms with E-state index in [-0.39, 0.29) is 6.09 Å². The van der Waals surface area contributed by atoms with Gasteiger partial charge in [-0.15, -0.1) is 0 Å². The van der Waals surface area contributed by atoms with Gasteiger partial charge in [0.25, 0.3) is 0 Å². The van der Waals surface area contributed by atoms with Gasteiger partial charge in [-0.25, -0.2) is 4.79 Å². The quantitative estimate of drug-likeness (QED) is 0.0469. The number of hydrogen-bond donors (Lipinski definition) is 0. The molecule has 1 saturated heterocycles. The summed E-state index contributed by atoms with van der Waals surface area (Å²) in [5.41, 5.74) is 0. The molecule has 53 heavy (non-hydrogen) atoms. The lowest BCUT2D eigenvalue weighted by Crippen LogP contribution is -2.42. The van der Waals surface area contributed by atoms with Crippen molar-refractivity contribution < 1.29 is 14.3 Å². The minimum absolute atomic E-state index is 0.112. The van der Waals surface area contributed by atoms with Crippen molar-refractivity contribution in [3.8, 4) is 0 Å². The number of rotatable bonds is 37. The average Bonchev–Trinajstić information content (AvgIpc) is 3.18. The summed E-state index contributed by atoms with van der Waals surface area (Å²) in [6.45, 7) is 16.4. The van der Waals surface area contributed by atoms with Gasteiger partial charge in [0.2, 0.25) is 0 Å². The highest BCUT2D eigenvalue weighted by molar-refractivity contribution is 5.67. The molecule has 0 bridgehead atoms. The number of carbonyl (C=O) groups excluding carboxylic acids is 1. The van der Waals surface area contributed by atoms with E-state index in [1.165, 1.54) is 128 Å². The highest BCUT2D eigenvalue weighted by Gasteiger charge is 2.16. The molecule has 1 aliphatic heterocycles. The molecule has 308 valence electrons. The first-order valence-electron chi connectivity index (χ1n) is 22.7. The summed E-state index contributed by atoms with van der Waals surface area (Å²) in [6, 6.07) is 0. The van der Waals surface area contributed by atoms with Gasteiger partial charge in [0, 0.05) is 45.8 Å². The Morgan fingerprint density at radius 1 is 0.547 bits per heavy atom. The largest absolute Gasteiger partial charge is 0.448 e. The third-order valence-corrected chi connectivity index (χ3v) is 10.4. The Bertz CT molecular complexity index is 847. The highest BCUT2D eigenvalue weighted by Crippen LogP contribution is 2.12. The van der Waals surface area contributed by atoms with Gasteiger partial charge in [-0.3, -0.25) is 9.80 Å². The van der Waals surface area contributed by atoms with Crippen molar-refractivity contribution in [3.63, 3.8) is 0 Å². The summed E-state index contributed by atoms with van der Waals surface area (Å²) < 4.78 is 11.4. The fourth-order valence-electron chi connectivity index (χ4n) is 6.77. The maximum absolute atomic E-state index is 13.2. The molecule has 6 nitrogen and oxygen atoms in total. The van der Waals surface area contributed by atoms with Crippen molar-refractivity contribution in [1.82, 2.24) is 14.7 Å². The fraction of sp³-hybridized carbons (Fsp3) is 0.809. The minimum Gasteiger partial charge on any atom is -0.448 e. The Morgan fingerprint density at radius 3 is 1.43 bits per heavy atom. The van der Waals surface area contributed by atoms with Gasteiger partial charge in [0.05, 0.1) is 13.2 Å². The molecule has 1 rings (SSSR count). The van der Waals surface area contributed by atoms with Crippen molar-refractivity contribution in [2.24, 2.45) is 0 Å². The number of unbranched alkanes of at least 4 members (excludes halogenated alkanes) is 18. The van der Waals surface area contributed by atoms with E-state index in [2.05, 4.69) is 79.2 Å². The first kappa shape index (κ1) is 49.1. The number of ether oxygens (including phenoxy) is 2. The SMILES string of the molecule is CCCCC/C=C\C/C=C\CCCCCCCCN(CCCCCCCC/C=C\C/C=C\CCCCC)C(=O)OCCN(CC)CCN1CCOCC1. The first-order chi connectivity index (χ1) is 26.2. The van der Waals surface area contributed by atoms with Crippen LogP contribution in [-0.2, 0) is 9.47 Å². The van der Waals surface area contributed by atoms with Crippen LogP contribution in [0.3, 0.4) is 0 Å². The zero-order valence-electron chi connectivity index (χ0n) is 35.4. The zero-order valence-corrected chi connectivity index (χ0v) is 35.4. The Kier molecular flexibility index (Phi) is 36.9. The van der Waals surface area contributed by atoms with Crippen LogP contribution in [0.1, 0.15) is 175 Å². The van der Waals surface area contributed by atoms with Crippen LogP contribution < -0.4 is 0 Å². The van der Waals surface area contributed by atoms with E-state index < -0.39 is 0 Å². The monoisotopic (exact) mass is 742 g/mol.